The molecule has 16 rings (SSSR count). The molecule has 1 aromatic heterocycles. The molecule has 3 heteroatoms. The molecule has 4 fully saturated rings. The van der Waals surface area contributed by atoms with E-state index < -0.39 is 5.41 Å². The molecular formula is C68H51N3. The second-order valence-electron chi connectivity index (χ2n) is 21.1. The molecule has 3 nitrogen and oxygen atoms in total. The van der Waals surface area contributed by atoms with Crippen LogP contribution in [0.5, 0.6) is 0 Å². The van der Waals surface area contributed by atoms with Crippen molar-refractivity contribution in [2.45, 2.75) is 42.9 Å². The molecule has 0 radical (unpaired) electrons. The number of benzene rings is 9. The largest absolute Gasteiger partial charge is 0.208 e. The predicted octanol–water partition coefficient (Wildman–Crippen LogP) is 16.3. The van der Waals surface area contributed by atoms with Crippen LogP contribution in [-0.4, -0.2) is 15.0 Å². The van der Waals surface area contributed by atoms with Gasteiger partial charge < -0.3 is 0 Å². The van der Waals surface area contributed by atoms with Crippen molar-refractivity contribution in [1.82, 2.24) is 15.0 Å². The molecule has 71 heavy (non-hydrogen) atoms. The maximum Gasteiger partial charge on any atom is 0.164 e. The van der Waals surface area contributed by atoms with Crippen molar-refractivity contribution in [1.29, 1.82) is 0 Å². The molecular weight excluding hydrogens is 859 g/mol. The topological polar surface area (TPSA) is 38.7 Å². The van der Waals surface area contributed by atoms with Gasteiger partial charge in [-0.2, -0.15) is 0 Å². The van der Waals surface area contributed by atoms with Crippen LogP contribution in [0.3, 0.4) is 0 Å². The van der Waals surface area contributed by atoms with E-state index in [1.807, 2.05) is 12.1 Å². The van der Waals surface area contributed by atoms with Crippen molar-refractivity contribution in [3.8, 4) is 78.7 Å². The molecule has 0 saturated heterocycles. The zero-order valence-electron chi connectivity index (χ0n) is 39.5. The van der Waals surface area contributed by atoms with E-state index in [4.69, 9.17) is 15.0 Å². The van der Waals surface area contributed by atoms with Gasteiger partial charge in [0.05, 0.1) is 5.41 Å². The molecule has 0 atom stereocenters. The summed E-state index contributed by atoms with van der Waals surface area (Å²) in [5.74, 6) is 5.10. The molecule has 10 aromatic rings. The number of rotatable bonds is 7. The number of fused-ring (bicyclic) bond motifs is 6. The molecule has 338 valence electrons. The number of nitrogens with zero attached hydrogens (tertiary/aromatic N) is 3. The molecule has 0 aliphatic heterocycles. The summed E-state index contributed by atoms with van der Waals surface area (Å²) < 4.78 is 0. The van der Waals surface area contributed by atoms with Gasteiger partial charge in [-0.05, 0) is 164 Å². The molecule has 4 bridgehead atoms. The van der Waals surface area contributed by atoms with Crippen molar-refractivity contribution in [2.75, 3.05) is 0 Å². The average Bonchev–Trinajstić information content (AvgIpc) is 3.91. The summed E-state index contributed by atoms with van der Waals surface area (Å²) in [5.41, 5.74) is 20.8. The Morgan fingerprint density at radius 1 is 0.282 bits per heavy atom. The fourth-order valence-corrected chi connectivity index (χ4v) is 15.0. The molecule has 4 saturated carbocycles. The van der Waals surface area contributed by atoms with E-state index in [1.54, 1.807) is 11.1 Å². The van der Waals surface area contributed by atoms with Gasteiger partial charge in [0.15, 0.2) is 17.5 Å². The van der Waals surface area contributed by atoms with Gasteiger partial charge in [0.1, 0.15) is 0 Å². The Morgan fingerprint density at radius 3 is 1.21 bits per heavy atom. The first-order valence-corrected chi connectivity index (χ1v) is 25.8. The zero-order chi connectivity index (χ0) is 46.7. The minimum atomic E-state index is -0.518. The van der Waals surface area contributed by atoms with Gasteiger partial charge in [-0.1, -0.05) is 194 Å². The number of hydrogen-bond acceptors (Lipinski definition) is 3. The van der Waals surface area contributed by atoms with E-state index in [1.165, 1.54) is 87.7 Å². The molecule has 6 aliphatic carbocycles. The summed E-state index contributed by atoms with van der Waals surface area (Å²) in [5, 5.41) is 0. The Balaban J connectivity index is 0.970. The minimum Gasteiger partial charge on any atom is -0.208 e. The van der Waals surface area contributed by atoms with Gasteiger partial charge in [-0.25, -0.2) is 15.0 Å². The first kappa shape index (κ1) is 40.8. The molecule has 0 amide bonds. The SMILES string of the molecule is c1ccc(-c2nc(-c3ccccc3)nc(-c3cc(-c4ccc5c(c4)C(c4ccccc4)(c4ccccc4)c4ccccc4-5)cc(-c4ccc5c(c4)C4(c6ccccc6-5)C5CC6CC(C5)CC4C6)c3)n2)cc1. The third-order valence-corrected chi connectivity index (χ3v) is 17.6. The van der Waals surface area contributed by atoms with Crippen molar-refractivity contribution in [3.05, 3.63) is 258 Å². The fourth-order valence-electron chi connectivity index (χ4n) is 15.0. The van der Waals surface area contributed by atoms with E-state index in [0.717, 1.165) is 39.7 Å². The lowest BCUT2D eigenvalue weighted by Gasteiger charge is -2.61. The molecule has 6 aliphatic rings. The summed E-state index contributed by atoms with van der Waals surface area (Å²) in [6.45, 7) is 0. The van der Waals surface area contributed by atoms with Crippen LogP contribution in [0.15, 0.2) is 224 Å². The van der Waals surface area contributed by atoms with Crippen molar-refractivity contribution in [3.63, 3.8) is 0 Å². The molecule has 1 heterocycles. The lowest BCUT2D eigenvalue weighted by molar-refractivity contribution is -0.0399. The minimum absolute atomic E-state index is 0.0619. The summed E-state index contributed by atoms with van der Waals surface area (Å²) in [6.07, 6.45) is 6.86. The van der Waals surface area contributed by atoms with E-state index in [9.17, 15) is 0 Å². The average molecular weight is 910 g/mol. The second kappa shape index (κ2) is 15.8. The maximum atomic E-state index is 5.34. The monoisotopic (exact) mass is 909 g/mol. The Hall–Kier alpha value is -8.01. The van der Waals surface area contributed by atoms with Gasteiger partial charge in [-0.15, -0.1) is 0 Å². The van der Waals surface area contributed by atoms with Crippen LogP contribution in [0.25, 0.3) is 78.7 Å². The van der Waals surface area contributed by atoms with Crippen LogP contribution in [0, 0.1) is 23.7 Å². The Labute approximate surface area is 416 Å². The summed E-state index contributed by atoms with van der Waals surface area (Å²) in [4.78, 5) is 15.8. The van der Waals surface area contributed by atoms with Crippen LogP contribution in [0.1, 0.15) is 65.5 Å². The summed E-state index contributed by atoms with van der Waals surface area (Å²) >= 11 is 0. The standard InChI is InChI=1S/C68H51N3/c1-5-17-45(18-6-1)64-69-65(46-19-7-2-8-20-46)71-66(70-64)51-39-49(47-29-31-58-56-25-13-15-27-60(56)67(62(58)41-47,52-21-9-3-10-22-52)53-23-11-4-12-24-53)38-50(40-51)48-30-32-59-57-26-14-16-28-61(57)68(63(59)42-48)54-34-43-33-44(36-54)37-55(68)35-43/h1-32,38-44,54-55H,33-37H2. The first-order chi connectivity index (χ1) is 35.1. The number of aromatic nitrogens is 3. The van der Waals surface area contributed by atoms with Gasteiger partial charge in [0, 0.05) is 22.1 Å². The maximum absolute atomic E-state index is 5.34. The Morgan fingerprint density at radius 2 is 0.676 bits per heavy atom. The van der Waals surface area contributed by atoms with Gasteiger partial charge in [0.25, 0.3) is 0 Å². The van der Waals surface area contributed by atoms with E-state index in [2.05, 4.69) is 212 Å². The van der Waals surface area contributed by atoms with Gasteiger partial charge in [0.2, 0.25) is 0 Å². The highest BCUT2D eigenvalue weighted by Gasteiger charge is 2.61. The predicted molar refractivity (Wildman–Crippen MR) is 288 cm³/mol. The van der Waals surface area contributed by atoms with Gasteiger partial charge in [-0.3, -0.25) is 0 Å². The third-order valence-electron chi connectivity index (χ3n) is 17.6. The van der Waals surface area contributed by atoms with Crippen LogP contribution in [0.4, 0.5) is 0 Å². The summed E-state index contributed by atoms with van der Waals surface area (Å²) in [6, 6.07) is 83.1. The highest BCUT2D eigenvalue weighted by atomic mass is 15.0. The van der Waals surface area contributed by atoms with Crippen LogP contribution < -0.4 is 0 Å². The van der Waals surface area contributed by atoms with Gasteiger partial charge >= 0.3 is 0 Å². The van der Waals surface area contributed by atoms with Crippen molar-refractivity contribution >= 4 is 0 Å². The highest BCUT2D eigenvalue weighted by Crippen LogP contribution is 2.69. The highest BCUT2D eigenvalue weighted by molar-refractivity contribution is 5.91. The van der Waals surface area contributed by atoms with E-state index >= 15 is 0 Å². The number of hydrogen-bond donors (Lipinski definition) is 0. The smallest absolute Gasteiger partial charge is 0.164 e. The lowest BCUT2D eigenvalue weighted by Crippen LogP contribution is -2.55. The fraction of sp³-hybridized carbons (Fsp3) is 0.162. The van der Waals surface area contributed by atoms with Crippen molar-refractivity contribution < 1.29 is 0 Å². The van der Waals surface area contributed by atoms with Crippen LogP contribution >= 0.6 is 0 Å². The zero-order valence-corrected chi connectivity index (χ0v) is 39.5. The molecule has 0 unspecified atom stereocenters. The van der Waals surface area contributed by atoms with Crippen LogP contribution in [0.2, 0.25) is 0 Å². The van der Waals surface area contributed by atoms with E-state index in [-0.39, 0.29) is 5.41 Å². The molecule has 1 spiro atoms. The quantitative estimate of drug-likeness (QED) is 0.160. The Kier molecular flexibility index (Phi) is 9.06. The third kappa shape index (κ3) is 6.05. The normalized spacial score (nSPS) is 21.4. The first-order valence-electron chi connectivity index (χ1n) is 25.8. The van der Waals surface area contributed by atoms with Crippen molar-refractivity contribution in [2.24, 2.45) is 23.7 Å². The van der Waals surface area contributed by atoms with Crippen LogP contribution in [-0.2, 0) is 10.8 Å². The molecule has 0 N–H and O–H groups in total. The van der Waals surface area contributed by atoms with E-state index in [0.29, 0.717) is 29.3 Å². The second-order valence-corrected chi connectivity index (χ2v) is 21.1. The lowest BCUT2D eigenvalue weighted by atomic mass is 9.43. The summed E-state index contributed by atoms with van der Waals surface area (Å²) in [7, 11) is 0. The Bertz CT molecular complexity index is 3590. The molecule has 9 aromatic carbocycles.